The summed E-state index contributed by atoms with van der Waals surface area (Å²) in [6, 6.07) is 13.1. The summed E-state index contributed by atoms with van der Waals surface area (Å²) in [4.78, 5) is 11.8. The first kappa shape index (κ1) is 15.3. The minimum Gasteiger partial charge on any atom is -0.306 e. The fourth-order valence-electron chi connectivity index (χ4n) is 1.82. The molecule has 108 valence electrons. The minimum absolute atomic E-state index is 0.365. The summed E-state index contributed by atoms with van der Waals surface area (Å²) in [5.41, 5.74) is 6.30. The number of carbonyl (C=O) groups is 1. The standard InChI is InChI=1S/C16H16BrN3O/c1-11-3-8-15(12(2)9-11)19-16(21)20-18-10-13-4-6-14(17)7-5-13/h3-10H,1-2H3,(H2,19,20,21)/b18-10+. The summed E-state index contributed by atoms with van der Waals surface area (Å²) >= 11 is 3.36. The molecule has 0 heterocycles. The highest BCUT2D eigenvalue weighted by Gasteiger charge is 2.02. The van der Waals surface area contributed by atoms with Crippen molar-refractivity contribution in [3.63, 3.8) is 0 Å². The molecule has 0 radical (unpaired) electrons. The van der Waals surface area contributed by atoms with Crippen LogP contribution in [0.1, 0.15) is 16.7 Å². The molecule has 21 heavy (non-hydrogen) atoms. The van der Waals surface area contributed by atoms with Crippen LogP contribution in [0.5, 0.6) is 0 Å². The Hall–Kier alpha value is -2.14. The quantitative estimate of drug-likeness (QED) is 0.634. The van der Waals surface area contributed by atoms with Gasteiger partial charge < -0.3 is 5.32 Å². The molecule has 0 aliphatic carbocycles. The summed E-state index contributed by atoms with van der Waals surface area (Å²) in [6.07, 6.45) is 1.59. The third kappa shape index (κ3) is 4.72. The topological polar surface area (TPSA) is 53.5 Å². The summed E-state index contributed by atoms with van der Waals surface area (Å²) in [5, 5.41) is 6.67. The first-order valence-corrected chi connectivity index (χ1v) is 7.27. The zero-order chi connectivity index (χ0) is 15.2. The number of hydrazone groups is 1. The third-order valence-corrected chi connectivity index (χ3v) is 3.41. The average Bonchev–Trinajstić information content (AvgIpc) is 2.44. The maximum absolute atomic E-state index is 11.8. The van der Waals surface area contributed by atoms with Crippen molar-refractivity contribution >= 4 is 33.9 Å². The van der Waals surface area contributed by atoms with E-state index in [-0.39, 0.29) is 6.03 Å². The van der Waals surface area contributed by atoms with Gasteiger partial charge in [-0.25, -0.2) is 10.2 Å². The van der Waals surface area contributed by atoms with Crippen LogP contribution in [0.15, 0.2) is 52.0 Å². The Morgan fingerprint density at radius 3 is 2.52 bits per heavy atom. The van der Waals surface area contributed by atoms with Gasteiger partial charge in [-0.2, -0.15) is 5.10 Å². The van der Waals surface area contributed by atoms with Gasteiger partial charge in [-0.15, -0.1) is 0 Å². The molecular formula is C16H16BrN3O. The molecule has 0 fully saturated rings. The lowest BCUT2D eigenvalue weighted by molar-refractivity contribution is 0.252. The molecule has 0 aromatic heterocycles. The predicted molar refractivity (Wildman–Crippen MR) is 89.8 cm³/mol. The number of anilines is 1. The number of urea groups is 1. The lowest BCUT2D eigenvalue weighted by Gasteiger charge is -2.08. The maximum atomic E-state index is 11.8. The molecule has 2 rings (SSSR count). The molecule has 5 heteroatoms. The van der Waals surface area contributed by atoms with Gasteiger partial charge in [0.25, 0.3) is 0 Å². The Labute approximate surface area is 132 Å². The fraction of sp³-hybridized carbons (Fsp3) is 0.125. The van der Waals surface area contributed by atoms with E-state index in [4.69, 9.17) is 0 Å². The second-order valence-electron chi connectivity index (χ2n) is 4.69. The second kappa shape index (κ2) is 7.04. The van der Waals surface area contributed by atoms with E-state index in [1.807, 2.05) is 56.3 Å². The monoisotopic (exact) mass is 345 g/mol. The van der Waals surface area contributed by atoms with Crippen LogP contribution < -0.4 is 10.7 Å². The van der Waals surface area contributed by atoms with E-state index in [0.717, 1.165) is 26.9 Å². The van der Waals surface area contributed by atoms with Crippen molar-refractivity contribution in [2.75, 3.05) is 5.32 Å². The van der Waals surface area contributed by atoms with Gasteiger partial charge in [-0.05, 0) is 43.2 Å². The van der Waals surface area contributed by atoms with Gasteiger partial charge in [0.05, 0.1) is 6.21 Å². The molecule has 2 aromatic rings. The molecule has 0 bridgehead atoms. The van der Waals surface area contributed by atoms with Crippen LogP contribution in [0.4, 0.5) is 10.5 Å². The Balaban J connectivity index is 1.91. The van der Waals surface area contributed by atoms with E-state index in [9.17, 15) is 4.79 Å². The van der Waals surface area contributed by atoms with Crippen LogP contribution in [0.25, 0.3) is 0 Å². The third-order valence-electron chi connectivity index (χ3n) is 2.88. The fourth-order valence-corrected chi connectivity index (χ4v) is 2.08. The first-order valence-electron chi connectivity index (χ1n) is 6.47. The summed E-state index contributed by atoms with van der Waals surface area (Å²) in [7, 11) is 0. The van der Waals surface area contributed by atoms with Crippen molar-refractivity contribution in [2.45, 2.75) is 13.8 Å². The number of benzene rings is 2. The number of amides is 2. The van der Waals surface area contributed by atoms with Gasteiger partial charge in [0.15, 0.2) is 0 Å². The number of hydrogen-bond acceptors (Lipinski definition) is 2. The molecule has 0 aliphatic rings. The normalized spacial score (nSPS) is 10.6. The highest BCUT2D eigenvalue weighted by Crippen LogP contribution is 2.15. The minimum atomic E-state index is -0.365. The highest BCUT2D eigenvalue weighted by molar-refractivity contribution is 9.10. The largest absolute Gasteiger partial charge is 0.339 e. The van der Waals surface area contributed by atoms with E-state index in [1.165, 1.54) is 0 Å². The maximum Gasteiger partial charge on any atom is 0.339 e. The highest BCUT2D eigenvalue weighted by atomic mass is 79.9. The molecule has 0 saturated heterocycles. The average molecular weight is 346 g/mol. The zero-order valence-electron chi connectivity index (χ0n) is 11.9. The number of aryl methyl sites for hydroxylation is 2. The van der Waals surface area contributed by atoms with E-state index in [0.29, 0.717) is 0 Å². The number of hydrogen-bond donors (Lipinski definition) is 2. The number of nitrogens with one attached hydrogen (secondary N) is 2. The van der Waals surface area contributed by atoms with Crippen LogP contribution in [-0.2, 0) is 0 Å². The summed E-state index contributed by atoms with van der Waals surface area (Å²) in [5.74, 6) is 0. The van der Waals surface area contributed by atoms with E-state index in [2.05, 4.69) is 31.8 Å². The van der Waals surface area contributed by atoms with Gasteiger partial charge in [-0.3, -0.25) is 0 Å². The Morgan fingerprint density at radius 2 is 1.86 bits per heavy atom. The van der Waals surface area contributed by atoms with Gasteiger partial charge in [0, 0.05) is 10.2 Å². The molecule has 2 aromatic carbocycles. The second-order valence-corrected chi connectivity index (χ2v) is 5.61. The van der Waals surface area contributed by atoms with Crippen molar-refractivity contribution in [3.8, 4) is 0 Å². The van der Waals surface area contributed by atoms with E-state index >= 15 is 0 Å². The molecule has 0 aliphatic heterocycles. The predicted octanol–water partition coefficient (Wildman–Crippen LogP) is 4.22. The Bertz CT molecular complexity index is 666. The Kier molecular flexibility index (Phi) is 5.11. The van der Waals surface area contributed by atoms with Crippen molar-refractivity contribution in [3.05, 3.63) is 63.6 Å². The SMILES string of the molecule is Cc1ccc(NC(=O)N/N=C/c2ccc(Br)cc2)c(C)c1. The van der Waals surface area contributed by atoms with Gasteiger partial charge in [0.2, 0.25) is 0 Å². The molecule has 0 atom stereocenters. The number of carbonyl (C=O) groups excluding carboxylic acids is 1. The number of nitrogens with zero attached hydrogens (tertiary/aromatic N) is 1. The number of rotatable bonds is 3. The Morgan fingerprint density at radius 1 is 1.14 bits per heavy atom. The van der Waals surface area contributed by atoms with Gasteiger partial charge in [-0.1, -0.05) is 45.8 Å². The van der Waals surface area contributed by atoms with Crippen molar-refractivity contribution in [1.82, 2.24) is 5.43 Å². The molecule has 4 nitrogen and oxygen atoms in total. The van der Waals surface area contributed by atoms with E-state index < -0.39 is 0 Å². The molecule has 2 amide bonds. The van der Waals surface area contributed by atoms with Crippen LogP contribution >= 0.6 is 15.9 Å². The van der Waals surface area contributed by atoms with Crippen molar-refractivity contribution in [1.29, 1.82) is 0 Å². The summed E-state index contributed by atoms with van der Waals surface area (Å²) < 4.78 is 1.00. The molecule has 2 N–H and O–H groups in total. The van der Waals surface area contributed by atoms with Crippen LogP contribution in [0.2, 0.25) is 0 Å². The first-order chi connectivity index (χ1) is 10.0. The van der Waals surface area contributed by atoms with Crippen molar-refractivity contribution in [2.24, 2.45) is 5.10 Å². The smallest absolute Gasteiger partial charge is 0.306 e. The van der Waals surface area contributed by atoms with Crippen molar-refractivity contribution < 1.29 is 4.79 Å². The van der Waals surface area contributed by atoms with Gasteiger partial charge in [0.1, 0.15) is 0 Å². The number of halogens is 1. The van der Waals surface area contributed by atoms with Gasteiger partial charge >= 0.3 is 6.03 Å². The van der Waals surface area contributed by atoms with Crippen LogP contribution in [0.3, 0.4) is 0 Å². The molecular weight excluding hydrogens is 330 g/mol. The lowest BCUT2D eigenvalue weighted by Crippen LogP contribution is -2.24. The van der Waals surface area contributed by atoms with Crippen LogP contribution in [0, 0.1) is 13.8 Å². The molecule has 0 spiro atoms. The van der Waals surface area contributed by atoms with Crippen LogP contribution in [-0.4, -0.2) is 12.2 Å². The lowest BCUT2D eigenvalue weighted by atomic mass is 10.1. The molecule has 0 saturated carbocycles. The van der Waals surface area contributed by atoms with E-state index in [1.54, 1.807) is 6.21 Å². The summed E-state index contributed by atoms with van der Waals surface area (Å²) in [6.45, 7) is 3.97. The molecule has 0 unspecified atom stereocenters. The zero-order valence-corrected chi connectivity index (χ0v) is 13.4.